The Bertz CT molecular complexity index is 946. The van der Waals surface area contributed by atoms with E-state index in [1.54, 1.807) is 18.2 Å². The van der Waals surface area contributed by atoms with Gasteiger partial charge in [0, 0.05) is 36.4 Å². The molecule has 6 nitrogen and oxygen atoms in total. The lowest BCUT2D eigenvalue weighted by atomic mass is 10.1. The number of hydrogen-bond acceptors (Lipinski definition) is 5. The number of carbonyl (C=O) groups is 1. The van der Waals surface area contributed by atoms with Crippen molar-refractivity contribution in [1.29, 1.82) is 5.26 Å². The Hall–Kier alpha value is -3.17. The number of benzene rings is 2. The second-order valence-electron chi connectivity index (χ2n) is 6.29. The fraction of sp³-hybridized carbons (Fsp3) is 0.273. The number of ether oxygens (including phenoxy) is 1. The molecule has 0 saturated heterocycles. The number of rotatable bonds is 8. The number of methoxy groups -OCH3 is 1. The highest BCUT2D eigenvalue weighted by Crippen LogP contribution is 2.27. The minimum Gasteiger partial charge on any atom is -0.495 e. The number of nitrogens with zero attached hydrogens (tertiary/aromatic N) is 2. The van der Waals surface area contributed by atoms with Crippen LogP contribution in [0.1, 0.15) is 19.4 Å². The van der Waals surface area contributed by atoms with Crippen molar-refractivity contribution in [2.75, 3.05) is 35.7 Å². The minimum atomic E-state index is -0.529. The summed E-state index contributed by atoms with van der Waals surface area (Å²) >= 11 is 6.07. The van der Waals surface area contributed by atoms with Crippen molar-refractivity contribution in [2.24, 2.45) is 0 Å². The maximum Gasteiger partial charge on any atom is 0.267 e. The molecular formula is C22H25ClN4O2. The zero-order valence-electron chi connectivity index (χ0n) is 17.0. The standard InChI is InChI=1S/C22H25ClN4O2/c1-5-27(6-2)18-8-9-20(15(3)11-18)25-14-16(13-24)22(28)26-17-7-10-21(29-4)19(23)12-17/h7-12,14,25H,5-6H2,1-4H3,(H,26,28)/b16-14-. The maximum atomic E-state index is 12.4. The molecule has 0 aliphatic rings. The lowest BCUT2D eigenvalue weighted by molar-refractivity contribution is -0.112. The Labute approximate surface area is 176 Å². The number of carbonyl (C=O) groups excluding carboxylic acids is 1. The summed E-state index contributed by atoms with van der Waals surface area (Å²) < 4.78 is 5.09. The average Bonchev–Trinajstić information content (AvgIpc) is 2.71. The Kier molecular flexibility index (Phi) is 7.93. The molecule has 0 atom stereocenters. The Morgan fingerprint density at radius 1 is 1.24 bits per heavy atom. The molecule has 0 aromatic heterocycles. The summed E-state index contributed by atoms with van der Waals surface area (Å²) in [6, 6.07) is 12.8. The zero-order valence-corrected chi connectivity index (χ0v) is 17.8. The predicted octanol–water partition coefficient (Wildman–Crippen LogP) is 4.96. The Morgan fingerprint density at radius 3 is 2.52 bits per heavy atom. The van der Waals surface area contributed by atoms with Crippen LogP contribution in [0.25, 0.3) is 0 Å². The molecule has 2 N–H and O–H groups in total. The molecule has 1 amide bonds. The van der Waals surface area contributed by atoms with Crippen LogP contribution in [0.15, 0.2) is 48.2 Å². The van der Waals surface area contributed by atoms with Crippen molar-refractivity contribution in [2.45, 2.75) is 20.8 Å². The van der Waals surface area contributed by atoms with E-state index in [2.05, 4.69) is 35.4 Å². The van der Waals surface area contributed by atoms with E-state index in [0.717, 1.165) is 30.0 Å². The van der Waals surface area contributed by atoms with E-state index in [-0.39, 0.29) is 5.57 Å². The summed E-state index contributed by atoms with van der Waals surface area (Å²) in [6.45, 7) is 8.06. The smallest absolute Gasteiger partial charge is 0.267 e. The van der Waals surface area contributed by atoms with Gasteiger partial charge in [0.05, 0.1) is 12.1 Å². The molecule has 7 heteroatoms. The third-order valence-electron chi connectivity index (χ3n) is 4.49. The van der Waals surface area contributed by atoms with Crippen molar-refractivity contribution < 1.29 is 9.53 Å². The quantitative estimate of drug-likeness (QED) is 0.473. The van der Waals surface area contributed by atoms with Gasteiger partial charge in [0.25, 0.3) is 5.91 Å². The fourth-order valence-corrected chi connectivity index (χ4v) is 3.09. The molecule has 0 heterocycles. The highest BCUT2D eigenvalue weighted by atomic mass is 35.5. The highest BCUT2D eigenvalue weighted by Gasteiger charge is 2.11. The van der Waals surface area contributed by atoms with Gasteiger partial charge in [0.1, 0.15) is 17.4 Å². The van der Waals surface area contributed by atoms with Crippen LogP contribution >= 0.6 is 11.6 Å². The Morgan fingerprint density at radius 2 is 1.97 bits per heavy atom. The van der Waals surface area contributed by atoms with E-state index in [1.807, 2.05) is 25.1 Å². The molecule has 2 aromatic rings. The molecule has 0 saturated carbocycles. The monoisotopic (exact) mass is 412 g/mol. The lowest BCUT2D eigenvalue weighted by Gasteiger charge is -2.22. The van der Waals surface area contributed by atoms with Crippen LogP contribution in [-0.2, 0) is 4.79 Å². The van der Waals surface area contributed by atoms with Crippen molar-refractivity contribution in [1.82, 2.24) is 0 Å². The van der Waals surface area contributed by atoms with Gasteiger partial charge in [0.15, 0.2) is 0 Å². The largest absolute Gasteiger partial charge is 0.495 e. The van der Waals surface area contributed by atoms with E-state index in [0.29, 0.717) is 16.5 Å². The van der Waals surface area contributed by atoms with Crippen molar-refractivity contribution >= 4 is 34.6 Å². The molecule has 0 bridgehead atoms. The number of halogens is 1. The molecule has 2 rings (SSSR count). The molecule has 0 fully saturated rings. The second-order valence-corrected chi connectivity index (χ2v) is 6.70. The van der Waals surface area contributed by atoms with Gasteiger partial charge in [0.2, 0.25) is 0 Å². The molecule has 0 radical (unpaired) electrons. The molecule has 29 heavy (non-hydrogen) atoms. The van der Waals surface area contributed by atoms with E-state index in [4.69, 9.17) is 16.3 Å². The number of nitriles is 1. The zero-order chi connectivity index (χ0) is 21.4. The topological polar surface area (TPSA) is 77.4 Å². The first-order valence-electron chi connectivity index (χ1n) is 9.30. The number of nitrogens with one attached hydrogen (secondary N) is 2. The van der Waals surface area contributed by atoms with E-state index >= 15 is 0 Å². The Balaban J connectivity index is 2.12. The summed E-state index contributed by atoms with van der Waals surface area (Å²) in [5.41, 5.74) is 3.40. The summed E-state index contributed by atoms with van der Waals surface area (Å²) in [7, 11) is 1.51. The van der Waals surface area contributed by atoms with Crippen molar-refractivity contribution in [3.05, 3.63) is 58.8 Å². The average molecular weight is 413 g/mol. The number of aryl methyl sites for hydroxylation is 1. The van der Waals surface area contributed by atoms with Gasteiger partial charge in [-0.15, -0.1) is 0 Å². The van der Waals surface area contributed by atoms with Gasteiger partial charge >= 0.3 is 0 Å². The second kappa shape index (κ2) is 10.4. The van der Waals surface area contributed by atoms with E-state index < -0.39 is 5.91 Å². The number of anilines is 3. The van der Waals surface area contributed by atoms with Crippen LogP contribution in [0.4, 0.5) is 17.1 Å². The molecule has 0 aliphatic carbocycles. The SMILES string of the molecule is CCN(CC)c1ccc(N/C=C(/C#N)C(=O)Nc2ccc(OC)c(Cl)c2)c(C)c1. The summed E-state index contributed by atoms with van der Waals surface area (Å²) in [5, 5.41) is 15.4. The van der Waals surface area contributed by atoms with Crippen LogP contribution in [0.2, 0.25) is 5.02 Å². The van der Waals surface area contributed by atoms with Crippen molar-refractivity contribution in [3.63, 3.8) is 0 Å². The van der Waals surface area contributed by atoms with Crippen LogP contribution in [0.3, 0.4) is 0 Å². The van der Waals surface area contributed by atoms with Gasteiger partial charge < -0.3 is 20.3 Å². The first-order chi connectivity index (χ1) is 13.9. The van der Waals surface area contributed by atoms with Crippen LogP contribution in [0.5, 0.6) is 5.75 Å². The number of hydrogen-bond donors (Lipinski definition) is 2. The van der Waals surface area contributed by atoms with Gasteiger partial charge in [-0.3, -0.25) is 4.79 Å². The normalized spacial score (nSPS) is 10.8. The lowest BCUT2D eigenvalue weighted by Crippen LogP contribution is -2.21. The van der Waals surface area contributed by atoms with Gasteiger partial charge in [-0.2, -0.15) is 5.26 Å². The first-order valence-corrected chi connectivity index (χ1v) is 9.68. The molecule has 0 spiro atoms. The highest BCUT2D eigenvalue weighted by molar-refractivity contribution is 6.32. The molecule has 152 valence electrons. The predicted molar refractivity (Wildman–Crippen MR) is 119 cm³/mol. The van der Waals surface area contributed by atoms with Gasteiger partial charge in [-0.25, -0.2) is 0 Å². The van der Waals surface area contributed by atoms with E-state index in [9.17, 15) is 10.1 Å². The van der Waals surface area contributed by atoms with Crippen LogP contribution in [0, 0.1) is 18.3 Å². The van der Waals surface area contributed by atoms with Crippen LogP contribution < -0.4 is 20.3 Å². The minimum absolute atomic E-state index is 0.0517. The van der Waals surface area contributed by atoms with E-state index in [1.165, 1.54) is 13.3 Å². The third-order valence-corrected chi connectivity index (χ3v) is 4.78. The van der Waals surface area contributed by atoms with Crippen LogP contribution in [-0.4, -0.2) is 26.1 Å². The molecular weight excluding hydrogens is 388 g/mol. The number of amides is 1. The fourth-order valence-electron chi connectivity index (χ4n) is 2.84. The molecule has 0 aliphatic heterocycles. The first kappa shape index (κ1) is 22.1. The third kappa shape index (κ3) is 5.66. The van der Waals surface area contributed by atoms with Gasteiger partial charge in [-0.1, -0.05) is 11.6 Å². The summed E-state index contributed by atoms with van der Waals surface area (Å²) in [4.78, 5) is 14.7. The maximum absolute atomic E-state index is 12.4. The van der Waals surface area contributed by atoms with Crippen molar-refractivity contribution in [3.8, 4) is 11.8 Å². The van der Waals surface area contributed by atoms with Gasteiger partial charge in [-0.05, 0) is 62.7 Å². The molecule has 0 unspecified atom stereocenters. The summed E-state index contributed by atoms with van der Waals surface area (Å²) in [6.07, 6.45) is 1.40. The molecule has 2 aromatic carbocycles. The summed E-state index contributed by atoms with van der Waals surface area (Å²) in [5.74, 6) is -0.0235.